The van der Waals surface area contributed by atoms with Crippen LogP contribution in [-0.4, -0.2) is 11.5 Å². The average molecular weight is 194 g/mol. The zero-order valence-electron chi connectivity index (χ0n) is 7.83. The Morgan fingerprint density at radius 3 is 2.50 bits per heavy atom. The summed E-state index contributed by atoms with van der Waals surface area (Å²) in [6.07, 6.45) is 0.201. The number of hydrogen-bond donors (Lipinski definition) is 1. The average Bonchev–Trinajstić information content (AvgIpc) is 2.20. The Hall–Kier alpha value is -1.71. The summed E-state index contributed by atoms with van der Waals surface area (Å²) in [5, 5.41) is 3.30. The number of carbonyl (C=O) groups is 1. The molecule has 0 saturated heterocycles. The standard InChI is InChI=1S/C10H11FN2O/c1-7(13-12)10(14)6-8-2-4-9(11)5-3-8/h2-5H,6,12H2,1H3/b13-7-. The lowest BCUT2D eigenvalue weighted by molar-refractivity contribution is -0.112. The Kier molecular flexibility index (Phi) is 3.34. The van der Waals surface area contributed by atoms with Crippen molar-refractivity contribution in [1.82, 2.24) is 0 Å². The van der Waals surface area contributed by atoms with Crippen LogP contribution >= 0.6 is 0 Å². The number of benzene rings is 1. The highest BCUT2D eigenvalue weighted by molar-refractivity contribution is 6.39. The fraction of sp³-hybridized carbons (Fsp3) is 0.200. The van der Waals surface area contributed by atoms with Crippen molar-refractivity contribution < 1.29 is 9.18 Å². The highest BCUT2D eigenvalue weighted by Crippen LogP contribution is 2.04. The third-order valence-corrected chi connectivity index (χ3v) is 1.88. The number of halogens is 1. The molecule has 74 valence electrons. The highest BCUT2D eigenvalue weighted by atomic mass is 19.1. The van der Waals surface area contributed by atoms with E-state index >= 15 is 0 Å². The van der Waals surface area contributed by atoms with Gasteiger partial charge >= 0.3 is 0 Å². The number of nitrogens with two attached hydrogens (primary N) is 1. The molecule has 0 aliphatic carbocycles. The van der Waals surface area contributed by atoms with Gasteiger partial charge in [0.1, 0.15) is 11.5 Å². The summed E-state index contributed by atoms with van der Waals surface area (Å²) < 4.78 is 12.5. The molecule has 0 radical (unpaired) electrons. The molecule has 0 saturated carbocycles. The van der Waals surface area contributed by atoms with Crippen LogP contribution in [0.4, 0.5) is 4.39 Å². The molecule has 3 nitrogen and oxygen atoms in total. The minimum Gasteiger partial charge on any atom is -0.323 e. The number of ketones is 1. The van der Waals surface area contributed by atoms with Gasteiger partial charge in [-0.1, -0.05) is 12.1 Å². The van der Waals surface area contributed by atoms with E-state index in [2.05, 4.69) is 5.10 Å². The van der Waals surface area contributed by atoms with Gasteiger partial charge in [-0.25, -0.2) is 4.39 Å². The van der Waals surface area contributed by atoms with E-state index in [1.54, 1.807) is 19.1 Å². The second-order valence-electron chi connectivity index (χ2n) is 2.94. The lowest BCUT2D eigenvalue weighted by Crippen LogP contribution is -2.14. The first-order chi connectivity index (χ1) is 6.63. The minimum atomic E-state index is -0.314. The van der Waals surface area contributed by atoms with Crippen LogP contribution in [0.25, 0.3) is 0 Å². The molecule has 0 spiro atoms. The first-order valence-corrected chi connectivity index (χ1v) is 4.15. The molecule has 0 aliphatic rings. The molecule has 0 aromatic heterocycles. The Balaban J connectivity index is 2.70. The van der Waals surface area contributed by atoms with E-state index in [0.717, 1.165) is 5.56 Å². The van der Waals surface area contributed by atoms with Crippen LogP contribution in [0.1, 0.15) is 12.5 Å². The maximum atomic E-state index is 12.5. The van der Waals surface area contributed by atoms with Gasteiger partial charge in [-0.2, -0.15) is 5.10 Å². The van der Waals surface area contributed by atoms with Crippen molar-refractivity contribution in [3.05, 3.63) is 35.6 Å². The van der Waals surface area contributed by atoms with E-state index in [0.29, 0.717) is 0 Å². The van der Waals surface area contributed by atoms with Crippen molar-refractivity contribution in [3.63, 3.8) is 0 Å². The van der Waals surface area contributed by atoms with Crippen LogP contribution in [0.3, 0.4) is 0 Å². The quantitative estimate of drug-likeness (QED) is 0.447. The van der Waals surface area contributed by atoms with Gasteiger partial charge in [-0.05, 0) is 24.6 Å². The SMILES string of the molecule is C/C(=N/N)C(=O)Cc1ccc(F)cc1. The predicted octanol–water partition coefficient (Wildman–Crippen LogP) is 1.27. The van der Waals surface area contributed by atoms with E-state index in [9.17, 15) is 9.18 Å². The Morgan fingerprint density at radius 1 is 1.43 bits per heavy atom. The number of hydrazone groups is 1. The molecule has 4 heteroatoms. The summed E-state index contributed by atoms with van der Waals surface area (Å²) in [5.41, 5.74) is 1.02. The molecule has 0 amide bonds. The maximum Gasteiger partial charge on any atom is 0.182 e. The molecule has 2 N–H and O–H groups in total. The minimum absolute atomic E-state index is 0.154. The summed E-state index contributed by atoms with van der Waals surface area (Å²) in [4.78, 5) is 11.3. The molecule has 0 bridgehead atoms. The number of hydrogen-bond acceptors (Lipinski definition) is 3. The van der Waals surface area contributed by atoms with Gasteiger partial charge in [0.2, 0.25) is 0 Å². The summed E-state index contributed by atoms with van der Waals surface area (Å²) in [7, 11) is 0. The summed E-state index contributed by atoms with van der Waals surface area (Å²) in [5.74, 6) is 4.49. The van der Waals surface area contributed by atoms with Gasteiger partial charge < -0.3 is 5.84 Å². The molecular formula is C10H11FN2O. The van der Waals surface area contributed by atoms with Crippen molar-refractivity contribution >= 4 is 11.5 Å². The number of nitrogens with zero attached hydrogens (tertiary/aromatic N) is 1. The van der Waals surface area contributed by atoms with E-state index in [1.807, 2.05) is 0 Å². The topological polar surface area (TPSA) is 55.4 Å². The summed E-state index contributed by atoms with van der Waals surface area (Å²) in [6.45, 7) is 1.55. The first-order valence-electron chi connectivity index (χ1n) is 4.15. The van der Waals surface area contributed by atoms with Crippen molar-refractivity contribution in [3.8, 4) is 0 Å². The fourth-order valence-electron chi connectivity index (χ4n) is 0.988. The molecule has 1 aromatic carbocycles. The van der Waals surface area contributed by atoms with E-state index in [1.165, 1.54) is 12.1 Å². The van der Waals surface area contributed by atoms with Gasteiger partial charge in [0.15, 0.2) is 5.78 Å². The Morgan fingerprint density at radius 2 is 2.00 bits per heavy atom. The third kappa shape index (κ3) is 2.65. The molecule has 0 fully saturated rings. The predicted molar refractivity (Wildman–Crippen MR) is 52.4 cm³/mol. The summed E-state index contributed by atoms with van der Waals surface area (Å²) >= 11 is 0. The number of rotatable bonds is 3. The van der Waals surface area contributed by atoms with E-state index in [4.69, 9.17) is 5.84 Å². The Bertz CT molecular complexity index is 357. The van der Waals surface area contributed by atoms with Gasteiger partial charge in [-0.3, -0.25) is 4.79 Å². The second-order valence-corrected chi connectivity index (χ2v) is 2.94. The number of carbonyl (C=O) groups excluding carboxylic acids is 1. The molecule has 0 unspecified atom stereocenters. The zero-order valence-corrected chi connectivity index (χ0v) is 7.83. The van der Waals surface area contributed by atoms with Crippen LogP contribution in [-0.2, 0) is 11.2 Å². The van der Waals surface area contributed by atoms with Crippen LogP contribution in [0.2, 0.25) is 0 Å². The second kappa shape index (κ2) is 4.50. The molecular weight excluding hydrogens is 183 g/mol. The van der Waals surface area contributed by atoms with Gasteiger partial charge in [0, 0.05) is 6.42 Å². The molecule has 0 heterocycles. The van der Waals surface area contributed by atoms with Gasteiger partial charge in [-0.15, -0.1) is 0 Å². The van der Waals surface area contributed by atoms with E-state index in [-0.39, 0.29) is 23.7 Å². The van der Waals surface area contributed by atoms with Crippen molar-refractivity contribution in [2.24, 2.45) is 10.9 Å². The van der Waals surface area contributed by atoms with Crippen LogP contribution < -0.4 is 5.84 Å². The lowest BCUT2D eigenvalue weighted by atomic mass is 10.1. The zero-order chi connectivity index (χ0) is 10.6. The van der Waals surface area contributed by atoms with Crippen LogP contribution in [0.15, 0.2) is 29.4 Å². The maximum absolute atomic E-state index is 12.5. The Labute approximate surface area is 81.4 Å². The molecule has 1 rings (SSSR count). The van der Waals surface area contributed by atoms with Crippen LogP contribution in [0.5, 0.6) is 0 Å². The highest BCUT2D eigenvalue weighted by Gasteiger charge is 2.06. The fourth-order valence-corrected chi connectivity index (χ4v) is 0.988. The van der Waals surface area contributed by atoms with E-state index < -0.39 is 0 Å². The van der Waals surface area contributed by atoms with Crippen molar-refractivity contribution in [2.75, 3.05) is 0 Å². The lowest BCUT2D eigenvalue weighted by Gasteiger charge is -1.99. The van der Waals surface area contributed by atoms with Gasteiger partial charge in [0.25, 0.3) is 0 Å². The number of Topliss-reactive ketones (excluding diaryl/α,β-unsaturated/α-hetero) is 1. The molecule has 14 heavy (non-hydrogen) atoms. The molecule has 1 aromatic rings. The molecule has 0 atom stereocenters. The summed E-state index contributed by atoms with van der Waals surface area (Å²) in [6, 6.07) is 5.77. The smallest absolute Gasteiger partial charge is 0.182 e. The molecule has 0 aliphatic heterocycles. The first kappa shape index (κ1) is 10.4. The van der Waals surface area contributed by atoms with Gasteiger partial charge in [0.05, 0.1) is 0 Å². The third-order valence-electron chi connectivity index (χ3n) is 1.88. The van der Waals surface area contributed by atoms with Crippen LogP contribution in [0, 0.1) is 5.82 Å². The monoisotopic (exact) mass is 194 g/mol. The normalized spacial score (nSPS) is 11.4. The largest absolute Gasteiger partial charge is 0.323 e. The van der Waals surface area contributed by atoms with Crippen molar-refractivity contribution in [2.45, 2.75) is 13.3 Å². The van der Waals surface area contributed by atoms with Crippen molar-refractivity contribution in [1.29, 1.82) is 0 Å².